The quantitative estimate of drug-likeness (QED) is 0.531. The molecular weight excluding hydrogens is 216 g/mol. The minimum absolute atomic E-state index is 0.145. The topological polar surface area (TPSA) is 65.0 Å². The summed E-state index contributed by atoms with van der Waals surface area (Å²) in [4.78, 5) is 10.4. The van der Waals surface area contributed by atoms with E-state index in [-0.39, 0.29) is 5.54 Å². The fraction of sp³-hybridized carbons (Fsp3) is 0.667. The van der Waals surface area contributed by atoms with Gasteiger partial charge in [-0.3, -0.25) is 0 Å². The Morgan fingerprint density at radius 1 is 1.33 bits per heavy atom. The third-order valence-corrected chi connectivity index (χ3v) is 5.43. The summed E-state index contributed by atoms with van der Waals surface area (Å²) in [6.45, 7) is 1.93. The van der Waals surface area contributed by atoms with E-state index in [4.69, 9.17) is 18.4 Å². The molecule has 0 fully saturated rings. The first kappa shape index (κ1) is 14.3. The van der Waals surface area contributed by atoms with E-state index >= 15 is 0 Å². The molecule has 0 saturated heterocycles. The van der Waals surface area contributed by atoms with E-state index in [1.807, 2.05) is 6.92 Å². The molecule has 15 heavy (non-hydrogen) atoms. The van der Waals surface area contributed by atoms with Crippen LogP contribution in [0.5, 0.6) is 0 Å². The molecule has 1 N–H and O–H groups in total. The van der Waals surface area contributed by atoms with E-state index in [0.717, 1.165) is 6.08 Å². The Kier molecular flexibility index (Phi) is 6.42. The van der Waals surface area contributed by atoms with Crippen LogP contribution in [0.2, 0.25) is 5.54 Å². The second kappa shape index (κ2) is 6.73. The maximum atomic E-state index is 10.4. The molecule has 6 heteroatoms. The van der Waals surface area contributed by atoms with Crippen molar-refractivity contribution in [3.63, 3.8) is 0 Å². The van der Waals surface area contributed by atoms with Crippen molar-refractivity contribution in [2.75, 3.05) is 21.3 Å². The molecule has 88 valence electrons. The van der Waals surface area contributed by atoms with E-state index < -0.39 is 14.8 Å². The molecule has 0 amide bonds. The Morgan fingerprint density at radius 2 is 1.80 bits per heavy atom. The largest absolute Gasteiger partial charge is 0.507 e. The summed E-state index contributed by atoms with van der Waals surface area (Å²) >= 11 is 0. The van der Waals surface area contributed by atoms with Crippen LogP contribution in [-0.2, 0) is 18.1 Å². The number of carbonyl (C=O) groups is 1. The van der Waals surface area contributed by atoms with Gasteiger partial charge in [0.2, 0.25) is 0 Å². The number of carboxylic acid groups (broad SMARTS) is 1. The fourth-order valence-electron chi connectivity index (χ4n) is 1.41. The second-order valence-electron chi connectivity index (χ2n) is 2.93. The Labute approximate surface area is 91.0 Å². The van der Waals surface area contributed by atoms with Gasteiger partial charge >= 0.3 is 14.8 Å². The maximum absolute atomic E-state index is 10.4. The minimum atomic E-state index is -2.76. The van der Waals surface area contributed by atoms with Gasteiger partial charge in [0, 0.05) is 32.9 Å². The molecule has 0 aliphatic rings. The van der Waals surface area contributed by atoms with Crippen molar-refractivity contribution in [1.29, 1.82) is 0 Å². The Hall–Kier alpha value is -0.693. The molecule has 1 atom stereocenters. The molecule has 0 aromatic rings. The molecule has 0 heterocycles. The van der Waals surface area contributed by atoms with Gasteiger partial charge in [-0.1, -0.05) is 13.0 Å². The standard InChI is InChI=1S/C9H18O5Si/c1-5-8(6-7-9(10)11)15(12-2,13-3)14-4/h6-8H,5H2,1-4H3,(H,10,11). The molecule has 5 nitrogen and oxygen atoms in total. The van der Waals surface area contributed by atoms with Crippen LogP contribution >= 0.6 is 0 Å². The lowest BCUT2D eigenvalue weighted by atomic mass is 10.3. The van der Waals surface area contributed by atoms with Crippen LogP contribution in [0.3, 0.4) is 0 Å². The molecule has 0 aliphatic heterocycles. The van der Waals surface area contributed by atoms with E-state index in [2.05, 4.69) is 0 Å². The van der Waals surface area contributed by atoms with Crippen LogP contribution < -0.4 is 0 Å². The zero-order chi connectivity index (χ0) is 11.9. The van der Waals surface area contributed by atoms with Gasteiger partial charge in [0.05, 0.1) is 0 Å². The van der Waals surface area contributed by atoms with E-state index in [0.29, 0.717) is 6.42 Å². The molecule has 0 rings (SSSR count). The van der Waals surface area contributed by atoms with Crippen LogP contribution in [-0.4, -0.2) is 41.2 Å². The predicted octanol–water partition coefficient (Wildman–Crippen LogP) is 1.29. The zero-order valence-corrected chi connectivity index (χ0v) is 10.5. The van der Waals surface area contributed by atoms with Gasteiger partial charge in [0.15, 0.2) is 0 Å². The van der Waals surface area contributed by atoms with Crippen molar-refractivity contribution >= 4 is 14.8 Å². The Balaban J connectivity index is 4.81. The van der Waals surface area contributed by atoms with Crippen molar-refractivity contribution in [2.24, 2.45) is 0 Å². The Bertz CT molecular complexity index is 216. The van der Waals surface area contributed by atoms with Crippen LogP contribution in [0.4, 0.5) is 0 Å². The monoisotopic (exact) mass is 234 g/mol. The van der Waals surface area contributed by atoms with E-state index in [1.165, 1.54) is 21.3 Å². The fourth-order valence-corrected chi connectivity index (χ4v) is 3.65. The first-order valence-electron chi connectivity index (χ1n) is 4.62. The number of hydrogen-bond acceptors (Lipinski definition) is 4. The van der Waals surface area contributed by atoms with Gasteiger partial charge in [-0.2, -0.15) is 0 Å². The summed E-state index contributed by atoms with van der Waals surface area (Å²) in [5.41, 5.74) is -0.145. The molecular formula is C9H18O5Si. The highest BCUT2D eigenvalue weighted by Gasteiger charge is 2.44. The van der Waals surface area contributed by atoms with Gasteiger partial charge in [0.1, 0.15) is 0 Å². The van der Waals surface area contributed by atoms with Gasteiger partial charge in [0.25, 0.3) is 0 Å². The Morgan fingerprint density at radius 3 is 2.07 bits per heavy atom. The maximum Gasteiger partial charge on any atom is 0.507 e. The zero-order valence-electron chi connectivity index (χ0n) is 9.52. The van der Waals surface area contributed by atoms with Crippen molar-refractivity contribution < 1.29 is 23.2 Å². The van der Waals surface area contributed by atoms with Gasteiger partial charge < -0.3 is 18.4 Å². The first-order chi connectivity index (χ1) is 7.06. The van der Waals surface area contributed by atoms with Crippen molar-refractivity contribution in [1.82, 2.24) is 0 Å². The molecule has 0 aliphatic carbocycles. The highest BCUT2D eigenvalue weighted by Crippen LogP contribution is 2.28. The number of allylic oxidation sites excluding steroid dienone is 1. The lowest BCUT2D eigenvalue weighted by Crippen LogP contribution is -2.47. The van der Waals surface area contributed by atoms with E-state index in [1.54, 1.807) is 6.08 Å². The summed E-state index contributed by atoms with van der Waals surface area (Å²) in [7, 11) is 1.77. The predicted molar refractivity (Wildman–Crippen MR) is 57.6 cm³/mol. The summed E-state index contributed by atoms with van der Waals surface area (Å²) in [6.07, 6.45) is 3.35. The number of carboxylic acids is 1. The van der Waals surface area contributed by atoms with Crippen LogP contribution in [0, 0.1) is 0 Å². The third kappa shape index (κ3) is 3.75. The molecule has 0 aromatic heterocycles. The first-order valence-corrected chi connectivity index (χ1v) is 6.43. The van der Waals surface area contributed by atoms with Crippen LogP contribution in [0.15, 0.2) is 12.2 Å². The molecule has 0 bridgehead atoms. The number of hydrogen-bond donors (Lipinski definition) is 1. The lowest BCUT2D eigenvalue weighted by molar-refractivity contribution is -0.131. The van der Waals surface area contributed by atoms with Crippen molar-refractivity contribution in [3.8, 4) is 0 Å². The smallest absolute Gasteiger partial charge is 0.478 e. The summed E-state index contributed by atoms with van der Waals surface area (Å²) in [5.74, 6) is -0.986. The molecule has 0 radical (unpaired) electrons. The van der Waals surface area contributed by atoms with Gasteiger partial charge in [-0.05, 0) is 6.42 Å². The number of rotatable bonds is 7. The SMILES string of the molecule is CCC(C=CC(=O)O)[Si](OC)(OC)OC. The minimum Gasteiger partial charge on any atom is -0.478 e. The summed E-state index contributed by atoms with van der Waals surface area (Å²) in [5, 5.41) is 8.55. The number of aliphatic carboxylic acids is 1. The molecule has 0 spiro atoms. The lowest BCUT2D eigenvalue weighted by Gasteiger charge is -2.29. The van der Waals surface area contributed by atoms with Gasteiger partial charge in [-0.15, -0.1) is 0 Å². The van der Waals surface area contributed by atoms with Gasteiger partial charge in [-0.25, -0.2) is 4.79 Å². The van der Waals surface area contributed by atoms with Crippen molar-refractivity contribution in [2.45, 2.75) is 18.9 Å². The average molecular weight is 234 g/mol. The van der Waals surface area contributed by atoms with Crippen LogP contribution in [0.25, 0.3) is 0 Å². The molecule has 0 saturated carbocycles. The molecule has 0 aromatic carbocycles. The normalized spacial score (nSPS) is 14.4. The summed E-state index contributed by atoms with van der Waals surface area (Å²) < 4.78 is 15.8. The highest BCUT2D eigenvalue weighted by molar-refractivity contribution is 6.62. The molecule has 1 unspecified atom stereocenters. The van der Waals surface area contributed by atoms with Crippen LogP contribution in [0.1, 0.15) is 13.3 Å². The second-order valence-corrected chi connectivity index (χ2v) is 6.10. The summed E-state index contributed by atoms with van der Waals surface area (Å²) in [6, 6.07) is 0. The van der Waals surface area contributed by atoms with E-state index in [9.17, 15) is 4.79 Å². The average Bonchev–Trinajstić information content (AvgIpc) is 2.24. The third-order valence-electron chi connectivity index (χ3n) is 2.22. The van der Waals surface area contributed by atoms with Crippen molar-refractivity contribution in [3.05, 3.63) is 12.2 Å². The highest BCUT2D eigenvalue weighted by atomic mass is 28.4.